The van der Waals surface area contributed by atoms with Crippen LogP contribution >= 0.6 is 11.3 Å². The molecule has 10 nitrogen and oxygen atoms in total. The smallest absolute Gasteiger partial charge is 0.227 e. The lowest BCUT2D eigenvalue weighted by Crippen LogP contribution is -2.36. The van der Waals surface area contributed by atoms with Crippen LogP contribution in [-0.2, 0) is 6.61 Å². The van der Waals surface area contributed by atoms with E-state index in [1.807, 2.05) is 12.1 Å². The number of benzene rings is 1. The van der Waals surface area contributed by atoms with Gasteiger partial charge in [-0.05, 0) is 25.0 Å². The van der Waals surface area contributed by atoms with Crippen LogP contribution in [0.25, 0.3) is 10.2 Å². The fourth-order valence-electron chi connectivity index (χ4n) is 3.86. The van der Waals surface area contributed by atoms with E-state index in [1.54, 1.807) is 31.8 Å². The van der Waals surface area contributed by atoms with Crippen LogP contribution in [0.5, 0.6) is 11.5 Å². The van der Waals surface area contributed by atoms with Gasteiger partial charge in [-0.1, -0.05) is 24.2 Å². The molecule has 1 aliphatic rings. The number of thiazole rings is 1. The van der Waals surface area contributed by atoms with Gasteiger partial charge >= 0.3 is 0 Å². The number of nitrogens with one attached hydrogen (secondary N) is 3. The van der Waals surface area contributed by atoms with Gasteiger partial charge in [0.2, 0.25) is 5.95 Å². The first-order valence-corrected chi connectivity index (χ1v) is 11.6. The van der Waals surface area contributed by atoms with E-state index in [2.05, 4.69) is 30.8 Å². The molecule has 0 spiro atoms. The second kappa shape index (κ2) is 9.59. The molecule has 0 saturated heterocycles. The van der Waals surface area contributed by atoms with Crippen molar-refractivity contribution in [3.63, 3.8) is 0 Å². The second-order valence-electron chi connectivity index (χ2n) is 7.87. The number of aliphatic hydroxyl groups is 1. The van der Waals surface area contributed by atoms with Crippen LogP contribution < -0.4 is 20.1 Å². The molecule has 33 heavy (non-hydrogen) atoms. The molecule has 2 atom stereocenters. The largest absolute Gasteiger partial charge is 0.494 e. The number of aliphatic hydroxyl groups excluding tert-OH is 1. The van der Waals surface area contributed by atoms with E-state index in [0.29, 0.717) is 17.4 Å². The summed E-state index contributed by atoms with van der Waals surface area (Å²) in [5.74, 6) is 1.77. The standard InChI is InChI=1S/C22H25N7O3S/c1-31-18-8-15(32-12-13-6-7-23-21(26-13)27-14-10-24-25-11-14)9-19-20(18)29-22(33-19)28-16-4-2-3-5-17(16)30/h6-11,16-17,30H,2-5,12H2,1H3,(H,24,25)(H,28,29)(H,23,26,27)/t16-,17-/m0/s1. The Kier molecular flexibility index (Phi) is 6.22. The molecule has 0 unspecified atom stereocenters. The minimum Gasteiger partial charge on any atom is -0.494 e. The highest BCUT2D eigenvalue weighted by Crippen LogP contribution is 2.37. The SMILES string of the molecule is COc1cc(OCc2ccnc(Nc3cn[nH]c3)n2)cc2sc(N[C@H]3CCCC[C@@H]3O)nc12. The molecule has 0 radical (unpaired) electrons. The molecule has 1 aliphatic carbocycles. The average Bonchev–Trinajstić information content (AvgIpc) is 3.48. The number of rotatable bonds is 8. The lowest BCUT2D eigenvalue weighted by atomic mass is 9.93. The highest BCUT2D eigenvalue weighted by Gasteiger charge is 2.24. The van der Waals surface area contributed by atoms with Gasteiger partial charge in [-0.15, -0.1) is 0 Å². The molecular formula is C22H25N7O3S. The maximum Gasteiger partial charge on any atom is 0.227 e. The molecule has 0 amide bonds. The molecule has 5 rings (SSSR count). The highest BCUT2D eigenvalue weighted by atomic mass is 32.1. The van der Waals surface area contributed by atoms with E-state index in [4.69, 9.17) is 14.5 Å². The zero-order valence-electron chi connectivity index (χ0n) is 18.1. The molecule has 0 bridgehead atoms. The molecule has 172 valence electrons. The van der Waals surface area contributed by atoms with Crippen LogP contribution in [0.3, 0.4) is 0 Å². The maximum atomic E-state index is 10.3. The Morgan fingerprint density at radius 2 is 2.15 bits per heavy atom. The molecule has 11 heteroatoms. The molecular weight excluding hydrogens is 442 g/mol. The van der Waals surface area contributed by atoms with Crippen LogP contribution in [0.2, 0.25) is 0 Å². The average molecular weight is 468 g/mol. The van der Waals surface area contributed by atoms with Gasteiger partial charge in [0.1, 0.15) is 23.6 Å². The Hall–Kier alpha value is -3.44. The van der Waals surface area contributed by atoms with Crippen molar-refractivity contribution in [1.82, 2.24) is 25.1 Å². The van der Waals surface area contributed by atoms with Crippen LogP contribution in [0.1, 0.15) is 31.4 Å². The topological polar surface area (TPSA) is 130 Å². The number of nitrogens with zero attached hydrogens (tertiary/aromatic N) is 4. The first-order valence-electron chi connectivity index (χ1n) is 10.8. The zero-order chi connectivity index (χ0) is 22.6. The molecule has 0 aliphatic heterocycles. The highest BCUT2D eigenvalue weighted by molar-refractivity contribution is 7.22. The summed E-state index contributed by atoms with van der Waals surface area (Å²) in [6, 6.07) is 5.61. The number of methoxy groups -OCH3 is 1. The number of aromatic amines is 1. The summed E-state index contributed by atoms with van der Waals surface area (Å²) in [4.78, 5) is 13.4. The van der Waals surface area contributed by atoms with Gasteiger partial charge in [-0.25, -0.2) is 15.0 Å². The minimum absolute atomic E-state index is 0.0312. The fraction of sp³-hybridized carbons (Fsp3) is 0.364. The first kappa shape index (κ1) is 21.4. The lowest BCUT2D eigenvalue weighted by Gasteiger charge is -2.27. The summed E-state index contributed by atoms with van der Waals surface area (Å²) in [6.07, 6.45) is 8.67. The molecule has 4 aromatic rings. The van der Waals surface area contributed by atoms with E-state index in [1.165, 1.54) is 11.3 Å². The number of hydrogen-bond acceptors (Lipinski definition) is 10. The van der Waals surface area contributed by atoms with Crippen LogP contribution in [0.15, 0.2) is 36.8 Å². The van der Waals surface area contributed by atoms with E-state index < -0.39 is 0 Å². The summed E-state index contributed by atoms with van der Waals surface area (Å²) in [5.41, 5.74) is 2.28. The molecule has 1 saturated carbocycles. The third kappa shape index (κ3) is 4.99. The van der Waals surface area contributed by atoms with Crippen LogP contribution in [-0.4, -0.2) is 49.5 Å². The number of anilines is 3. The Morgan fingerprint density at radius 3 is 2.97 bits per heavy atom. The minimum atomic E-state index is -0.340. The van der Waals surface area contributed by atoms with Crippen molar-refractivity contribution in [1.29, 1.82) is 0 Å². The van der Waals surface area contributed by atoms with Crippen molar-refractivity contribution >= 4 is 38.3 Å². The van der Waals surface area contributed by atoms with Gasteiger partial charge in [0.25, 0.3) is 0 Å². The quantitative estimate of drug-likeness (QED) is 0.305. The number of H-pyrrole nitrogens is 1. The number of hydrogen-bond donors (Lipinski definition) is 4. The molecule has 1 fully saturated rings. The predicted molar refractivity (Wildman–Crippen MR) is 126 cm³/mol. The van der Waals surface area contributed by atoms with E-state index in [0.717, 1.165) is 52.4 Å². The number of ether oxygens (including phenoxy) is 2. The van der Waals surface area contributed by atoms with Crippen LogP contribution in [0, 0.1) is 0 Å². The summed E-state index contributed by atoms with van der Waals surface area (Å²) in [5, 5.41) is 24.2. The molecule has 1 aromatic carbocycles. The van der Waals surface area contributed by atoms with Crippen molar-refractivity contribution in [2.45, 2.75) is 44.4 Å². The molecule has 4 N–H and O–H groups in total. The Balaban J connectivity index is 1.30. The molecule has 3 heterocycles. The Morgan fingerprint density at radius 1 is 1.24 bits per heavy atom. The van der Waals surface area contributed by atoms with Gasteiger partial charge in [-0.3, -0.25) is 5.10 Å². The summed E-state index contributed by atoms with van der Waals surface area (Å²) >= 11 is 1.53. The predicted octanol–water partition coefficient (Wildman–Crippen LogP) is 3.86. The van der Waals surface area contributed by atoms with Crippen molar-refractivity contribution in [3.05, 3.63) is 42.5 Å². The van der Waals surface area contributed by atoms with Crippen molar-refractivity contribution in [2.75, 3.05) is 17.7 Å². The first-order chi connectivity index (χ1) is 16.2. The zero-order valence-corrected chi connectivity index (χ0v) is 18.9. The van der Waals surface area contributed by atoms with Crippen molar-refractivity contribution in [2.24, 2.45) is 0 Å². The van der Waals surface area contributed by atoms with Crippen molar-refractivity contribution in [3.8, 4) is 11.5 Å². The summed E-state index contributed by atoms with van der Waals surface area (Å²) < 4.78 is 12.5. The van der Waals surface area contributed by atoms with Gasteiger partial charge in [0, 0.05) is 18.5 Å². The van der Waals surface area contributed by atoms with Gasteiger partial charge in [0.05, 0.1) is 41.5 Å². The van der Waals surface area contributed by atoms with E-state index in [-0.39, 0.29) is 18.8 Å². The van der Waals surface area contributed by atoms with Crippen molar-refractivity contribution < 1.29 is 14.6 Å². The van der Waals surface area contributed by atoms with E-state index >= 15 is 0 Å². The lowest BCUT2D eigenvalue weighted by molar-refractivity contribution is 0.116. The molecule has 3 aromatic heterocycles. The van der Waals surface area contributed by atoms with E-state index in [9.17, 15) is 5.11 Å². The summed E-state index contributed by atoms with van der Waals surface area (Å²) in [7, 11) is 1.62. The second-order valence-corrected chi connectivity index (χ2v) is 8.90. The Bertz CT molecular complexity index is 1210. The number of fused-ring (bicyclic) bond motifs is 1. The normalized spacial score (nSPS) is 18.2. The monoisotopic (exact) mass is 467 g/mol. The summed E-state index contributed by atoms with van der Waals surface area (Å²) in [6.45, 7) is 0.273. The maximum absolute atomic E-state index is 10.3. The fourth-order valence-corrected chi connectivity index (χ4v) is 4.83. The number of aromatic nitrogens is 5. The Labute approximate surface area is 194 Å². The third-order valence-corrected chi connectivity index (χ3v) is 6.48. The van der Waals surface area contributed by atoms with Crippen LogP contribution in [0.4, 0.5) is 16.8 Å². The third-order valence-electron chi connectivity index (χ3n) is 5.55. The van der Waals surface area contributed by atoms with Gasteiger partial charge in [-0.2, -0.15) is 5.10 Å². The van der Waals surface area contributed by atoms with Gasteiger partial charge in [0.15, 0.2) is 5.13 Å². The van der Waals surface area contributed by atoms with Gasteiger partial charge < -0.3 is 25.2 Å².